The first kappa shape index (κ1) is 8.71. The number of nitrogens with two attached hydrogens (primary N) is 1. The van der Waals surface area contributed by atoms with Gasteiger partial charge in [0.05, 0.1) is 5.37 Å². The third kappa shape index (κ3) is 2.05. The molecule has 0 aromatic heterocycles. The Morgan fingerprint density at radius 3 is 2.90 bits per heavy atom. The van der Waals surface area contributed by atoms with E-state index in [-0.39, 0.29) is 0 Å². The minimum atomic E-state index is 0.392. The van der Waals surface area contributed by atoms with E-state index in [0.717, 1.165) is 19.5 Å². The lowest BCUT2D eigenvalue weighted by atomic mass is 10.3. The van der Waals surface area contributed by atoms with Crippen LogP contribution in [0.3, 0.4) is 0 Å². The lowest BCUT2D eigenvalue weighted by Crippen LogP contribution is -2.31. The van der Waals surface area contributed by atoms with E-state index in [1.54, 1.807) is 10.8 Å². The van der Waals surface area contributed by atoms with Crippen molar-refractivity contribution in [3.05, 3.63) is 0 Å². The van der Waals surface area contributed by atoms with Crippen LogP contribution in [0.2, 0.25) is 0 Å². The normalized spacial score (nSPS) is 30.9. The maximum atomic E-state index is 5.74. The molecule has 1 saturated heterocycles. The van der Waals surface area contributed by atoms with E-state index in [9.17, 15) is 0 Å². The van der Waals surface area contributed by atoms with Crippen LogP contribution >= 0.6 is 22.5 Å². The van der Waals surface area contributed by atoms with Crippen molar-refractivity contribution in [2.45, 2.75) is 24.8 Å². The van der Waals surface area contributed by atoms with Gasteiger partial charge in [-0.1, -0.05) is 10.8 Å². The Morgan fingerprint density at radius 1 is 1.80 bits per heavy atom. The van der Waals surface area contributed by atoms with Crippen molar-refractivity contribution in [2.75, 3.05) is 13.1 Å². The summed E-state index contributed by atoms with van der Waals surface area (Å²) in [5, 5.41) is 0.511. The van der Waals surface area contributed by atoms with Crippen molar-refractivity contribution in [3.63, 3.8) is 0 Å². The minimum Gasteiger partial charge on any atom is -0.326 e. The van der Waals surface area contributed by atoms with Crippen LogP contribution in [0, 0.1) is 0 Å². The van der Waals surface area contributed by atoms with E-state index in [1.807, 2.05) is 0 Å². The molecule has 2 nitrogen and oxygen atoms in total. The lowest BCUT2D eigenvalue weighted by Gasteiger charge is -2.20. The predicted octanol–water partition coefficient (Wildman–Crippen LogP) is 0.943. The van der Waals surface area contributed by atoms with Gasteiger partial charge in [-0.05, 0) is 13.3 Å². The molecule has 1 fully saturated rings. The maximum Gasteiger partial charge on any atom is 0.0631 e. The molecule has 0 saturated carbocycles. The summed E-state index contributed by atoms with van der Waals surface area (Å²) in [6.45, 7) is 4.33. The molecular weight excluding hydrogens is 164 g/mol. The van der Waals surface area contributed by atoms with E-state index < -0.39 is 0 Å². The summed E-state index contributed by atoms with van der Waals surface area (Å²) in [7, 11) is 1.59. The Balaban J connectivity index is 2.29. The first-order valence-electron chi connectivity index (χ1n) is 3.54. The molecule has 10 heavy (non-hydrogen) atoms. The summed E-state index contributed by atoms with van der Waals surface area (Å²) in [5.74, 6) is 0. The first-order chi connectivity index (χ1) is 4.74. The Labute approximate surface area is 71.3 Å². The Bertz CT molecular complexity index is 110. The third-order valence-corrected chi connectivity index (χ3v) is 3.44. The molecule has 0 aromatic rings. The first-order valence-corrected chi connectivity index (χ1v) is 5.47. The zero-order valence-corrected chi connectivity index (χ0v) is 7.87. The molecule has 0 amide bonds. The number of likely N-dealkylation sites (tertiary alicyclic amines) is 1. The molecule has 1 heterocycles. The highest BCUT2D eigenvalue weighted by Crippen LogP contribution is 2.21. The van der Waals surface area contributed by atoms with Gasteiger partial charge < -0.3 is 5.73 Å². The standard InChI is InChI=1S/C6H14N2S2/c1-5(10-9)8-3-2-6(7)4-8/h5-6,9H,2-4,7H2,1H3/t5?,6-/m0/s1. The van der Waals surface area contributed by atoms with Gasteiger partial charge in [-0.15, -0.1) is 11.7 Å². The molecule has 1 aliphatic rings. The third-order valence-electron chi connectivity index (χ3n) is 1.92. The fourth-order valence-corrected chi connectivity index (χ4v) is 1.94. The predicted molar refractivity (Wildman–Crippen MR) is 50.2 cm³/mol. The molecule has 60 valence electrons. The lowest BCUT2D eigenvalue weighted by molar-refractivity contribution is 0.329. The van der Waals surface area contributed by atoms with Crippen LogP contribution < -0.4 is 5.73 Å². The molecule has 4 heteroatoms. The molecular formula is C6H14N2S2. The van der Waals surface area contributed by atoms with Gasteiger partial charge in [0, 0.05) is 19.1 Å². The van der Waals surface area contributed by atoms with Crippen LogP contribution in [-0.2, 0) is 0 Å². The fraction of sp³-hybridized carbons (Fsp3) is 1.00. The molecule has 1 unspecified atom stereocenters. The number of thiol groups is 1. The van der Waals surface area contributed by atoms with E-state index in [4.69, 9.17) is 5.73 Å². The van der Waals surface area contributed by atoms with Crippen LogP contribution in [0.25, 0.3) is 0 Å². The zero-order chi connectivity index (χ0) is 7.56. The van der Waals surface area contributed by atoms with Gasteiger partial charge in [0.2, 0.25) is 0 Å². The van der Waals surface area contributed by atoms with Gasteiger partial charge in [-0.2, -0.15) is 0 Å². The summed E-state index contributed by atoms with van der Waals surface area (Å²) in [5.41, 5.74) is 5.74. The molecule has 0 radical (unpaired) electrons. The quantitative estimate of drug-likeness (QED) is 0.487. The van der Waals surface area contributed by atoms with Gasteiger partial charge in [0.25, 0.3) is 0 Å². The van der Waals surface area contributed by atoms with Crippen LogP contribution in [0.1, 0.15) is 13.3 Å². The Hall–Kier alpha value is 0.620. The summed E-state index contributed by atoms with van der Waals surface area (Å²) in [6.07, 6.45) is 1.14. The monoisotopic (exact) mass is 178 g/mol. The average molecular weight is 178 g/mol. The Kier molecular flexibility index (Phi) is 3.36. The molecule has 1 aliphatic heterocycles. The fourth-order valence-electron chi connectivity index (χ4n) is 1.21. The van der Waals surface area contributed by atoms with Crippen molar-refractivity contribution in [1.82, 2.24) is 4.90 Å². The topological polar surface area (TPSA) is 29.3 Å². The van der Waals surface area contributed by atoms with Crippen molar-refractivity contribution in [1.29, 1.82) is 0 Å². The van der Waals surface area contributed by atoms with Crippen molar-refractivity contribution in [2.24, 2.45) is 5.73 Å². The Morgan fingerprint density at radius 2 is 2.50 bits per heavy atom. The smallest absolute Gasteiger partial charge is 0.0631 e. The maximum absolute atomic E-state index is 5.74. The molecule has 2 atom stereocenters. The molecule has 0 aromatic carbocycles. The summed E-state index contributed by atoms with van der Waals surface area (Å²) in [6, 6.07) is 0.392. The zero-order valence-electron chi connectivity index (χ0n) is 6.16. The van der Waals surface area contributed by atoms with Gasteiger partial charge in [-0.25, -0.2) is 0 Å². The van der Waals surface area contributed by atoms with Crippen molar-refractivity contribution < 1.29 is 0 Å². The second-order valence-corrected chi connectivity index (χ2v) is 4.27. The van der Waals surface area contributed by atoms with E-state index >= 15 is 0 Å². The minimum absolute atomic E-state index is 0.392. The molecule has 0 bridgehead atoms. The molecule has 0 spiro atoms. The van der Waals surface area contributed by atoms with Crippen molar-refractivity contribution in [3.8, 4) is 0 Å². The number of rotatable bonds is 2. The van der Waals surface area contributed by atoms with Crippen LogP contribution in [-0.4, -0.2) is 29.4 Å². The number of hydrogen-bond acceptors (Lipinski definition) is 4. The van der Waals surface area contributed by atoms with Crippen LogP contribution in [0.4, 0.5) is 0 Å². The highest BCUT2D eigenvalue weighted by atomic mass is 33.1. The van der Waals surface area contributed by atoms with E-state index in [2.05, 4.69) is 23.5 Å². The van der Waals surface area contributed by atoms with Crippen LogP contribution in [0.5, 0.6) is 0 Å². The van der Waals surface area contributed by atoms with Gasteiger partial charge >= 0.3 is 0 Å². The van der Waals surface area contributed by atoms with Crippen LogP contribution in [0.15, 0.2) is 0 Å². The largest absolute Gasteiger partial charge is 0.326 e. The van der Waals surface area contributed by atoms with Crippen molar-refractivity contribution >= 4 is 22.5 Å². The molecule has 2 N–H and O–H groups in total. The van der Waals surface area contributed by atoms with E-state index in [1.165, 1.54) is 0 Å². The number of nitrogens with zero attached hydrogens (tertiary/aromatic N) is 1. The highest BCUT2D eigenvalue weighted by Gasteiger charge is 2.22. The van der Waals surface area contributed by atoms with Gasteiger partial charge in [-0.3, -0.25) is 4.90 Å². The second-order valence-electron chi connectivity index (χ2n) is 2.75. The average Bonchev–Trinajstić information content (AvgIpc) is 2.34. The molecule has 0 aliphatic carbocycles. The number of hydrogen-bond donors (Lipinski definition) is 2. The summed E-state index contributed by atoms with van der Waals surface area (Å²) in [4.78, 5) is 2.36. The molecule has 1 rings (SSSR count). The van der Waals surface area contributed by atoms with E-state index in [0.29, 0.717) is 11.4 Å². The summed E-state index contributed by atoms with van der Waals surface area (Å²) >= 11 is 4.15. The SMILES string of the molecule is CC(SS)N1CC[C@H](N)C1. The highest BCUT2D eigenvalue weighted by molar-refractivity contribution is 8.68. The summed E-state index contributed by atoms with van der Waals surface area (Å²) < 4.78 is 0. The second kappa shape index (κ2) is 3.85. The van der Waals surface area contributed by atoms with Gasteiger partial charge in [0.1, 0.15) is 0 Å². The van der Waals surface area contributed by atoms with Gasteiger partial charge in [0.15, 0.2) is 0 Å².